The van der Waals surface area contributed by atoms with Gasteiger partial charge in [-0.15, -0.1) is 0 Å². The van der Waals surface area contributed by atoms with Gasteiger partial charge in [-0.1, -0.05) is 32.0 Å². The van der Waals surface area contributed by atoms with Crippen LogP contribution in [0.25, 0.3) is 0 Å². The highest BCUT2D eigenvalue weighted by Crippen LogP contribution is 2.13. The fourth-order valence-corrected chi connectivity index (χ4v) is 1.41. The van der Waals surface area contributed by atoms with Crippen LogP contribution in [-0.2, 0) is 11.3 Å². The number of fused-ring (bicyclic) bond motifs is 1. The van der Waals surface area contributed by atoms with Crippen molar-refractivity contribution in [3.63, 3.8) is 0 Å². The normalized spacial score (nSPS) is 13.4. The zero-order valence-electron chi connectivity index (χ0n) is 8.37. The number of hydrogen-bond donors (Lipinski definition) is 1. The topological polar surface area (TPSA) is 29.5 Å². The van der Waals surface area contributed by atoms with E-state index < -0.39 is 7.12 Å². The van der Waals surface area contributed by atoms with E-state index >= 15 is 0 Å². The van der Waals surface area contributed by atoms with Gasteiger partial charge in [-0.05, 0) is 23.5 Å². The first-order valence-corrected chi connectivity index (χ1v) is 4.67. The summed E-state index contributed by atoms with van der Waals surface area (Å²) in [5.41, 5.74) is 3.25. The molecule has 0 saturated heterocycles. The van der Waals surface area contributed by atoms with Gasteiger partial charge in [-0.2, -0.15) is 0 Å². The third-order valence-electron chi connectivity index (χ3n) is 2.10. The van der Waals surface area contributed by atoms with Crippen LogP contribution in [-0.4, -0.2) is 12.1 Å². The lowest BCUT2D eigenvalue weighted by Crippen LogP contribution is -2.27. The van der Waals surface area contributed by atoms with Gasteiger partial charge >= 0.3 is 7.12 Å². The Morgan fingerprint density at radius 3 is 2.69 bits per heavy atom. The summed E-state index contributed by atoms with van der Waals surface area (Å²) >= 11 is 0. The van der Waals surface area contributed by atoms with Crippen molar-refractivity contribution in [1.29, 1.82) is 0 Å². The van der Waals surface area contributed by atoms with Gasteiger partial charge in [0, 0.05) is 0 Å². The molecule has 0 amide bonds. The van der Waals surface area contributed by atoms with E-state index in [1.807, 2.05) is 39.0 Å². The summed E-state index contributed by atoms with van der Waals surface area (Å²) in [4.78, 5) is 0. The van der Waals surface area contributed by atoms with Gasteiger partial charge in [0.2, 0.25) is 0 Å². The smallest absolute Gasteiger partial charge is 0.423 e. The van der Waals surface area contributed by atoms with Gasteiger partial charge in [0.05, 0.1) is 6.61 Å². The lowest BCUT2D eigenvalue weighted by molar-refractivity contribution is 0.275. The molecule has 13 heavy (non-hydrogen) atoms. The Bertz CT molecular complexity index is 286. The van der Waals surface area contributed by atoms with Crippen molar-refractivity contribution >= 4 is 12.6 Å². The average molecular weight is 178 g/mol. The summed E-state index contributed by atoms with van der Waals surface area (Å²) in [6.07, 6.45) is 0. The summed E-state index contributed by atoms with van der Waals surface area (Å²) in [6, 6.07) is 5.87. The molecule has 0 radical (unpaired) electrons. The van der Waals surface area contributed by atoms with E-state index in [-0.39, 0.29) is 0 Å². The van der Waals surface area contributed by atoms with Crippen LogP contribution < -0.4 is 5.46 Å². The van der Waals surface area contributed by atoms with E-state index in [4.69, 9.17) is 4.65 Å². The first-order valence-electron chi connectivity index (χ1n) is 4.67. The van der Waals surface area contributed by atoms with Crippen molar-refractivity contribution in [2.45, 2.75) is 27.4 Å². The summed E-state index contributed by atoms with van der Waals surface area (Å²) in [5.74, 6) is 0. The summed E-state index contributed by atoms with van der Waals surface area (Å²) < 4.78 is 5.06. The number of rotatable bonds is 0. The first-order chi connectivity index (χ1) is 6.29. The molecule has 1 aliphatic heterocycles. The standard InChI is InChI=1S/C8H9BO2.C2H6/c1-6-3-2-4-8-7(6)5-11-9(8)10;1-2/h2-4,10H,5H2,1H3;1-2H3. The van der Waals surface area contributed by atoms with Gasteiger partial charge in [-0.25, -0.2) is 0 Å². The molecule has 1 aromatic rings. The highest BCUT2D eigenvalue weighted by Gasteiger charge is 2.27. The molecule has 0 aromatic heterocycles. The monoisotopic (exact) mass is 178 g/mol. The minimum atomic E-state index is -0.704. The molecule has 1 aromatic carbocycles. The molecule has 70 valence electrons. The SMILES string of the molecule is CC.Cc1cccc2c1COB2O. The van der Waals surface area contributed by atoms with E-state index in [0.717, 1.165) is 11.0 Å². The predicted molar refractivity (Wildman–Crippen MR) is 54.9 cm³/mol. The predicted octanol–water partition coefficient (Wildman–Crippen LogP) is 1.24. The molecule has 0 bridgehead atoms. The molecule has 1 N–H and O–H groups in total. The lowest BCUT2D eigenvalue weighted by Gasteiger charge is -1.99. The van der Waals surface area contributed by atoms with Gasteiger partial charge in [0.15, 0.2) is 0 Å². The van der Waals surface area contributed by atoms with Gasteiger partial charge in [0.1, 0.15) is 0 Å². The molecule has 0 saturated carbocycles. The zero-order chi connectivity index (χ0) is 9.84. The molecule has 0 fully saturated rings. The fraction of sp³-hybridized carbons (Fsp3) is 0.400. The Hall–Kier alpha value is -0.795. The molecular weight excluding hydrogens is 163 g/mol. The second-order valence-electron chi connectivity index (χ2n) is 2.81. The van der Waals surface area contributed by atoms with Crippen molar-refractivity contribution in [2.24, 2.45) is 0 Å². The van der Waals surface area contributed by atoms with Crippen molar-refractivity contribution in [3.05, 3.63) is 29.3 Å². The molecule has 0 atom stereocenters. The highest BCUT2D eigenvalue weighted by molar-refractivity contribution is 6.61. The fourth-order valence-electron chi connectivity index (χ4n) is 1.41. The molecule has 0 aliphatic carbocycles. The second kappa shape index (κ2) is 4.44. The Morgan fingerprint density at radius 1 is 1.38 bits per heavy atom. The third kappa shape index (κ3) is 1.93. The summed E-state index contributed by atoms with van der Waals surface area (Å²) in [6.45, 7) is 6.57. The van der Waals surface area contributed by atoms with Crippen molar-refractivity contribution < 1.29 is 9.68 Å². The van der Waals surface area contributed by atoms with Gasteiger partial charge in [-0.3, -0.25) is 0 Å². The Kier molecular flexibility index (Phi) is 3.52. The van der Waals surface area contributed by atoms with Crippen LogP contribution in [0.1, 0.15) is 25.0 Å². The molecule has 0 spiro atoms. The van der Waals surface area contributed by atoms with E-state index in [1.54, 1.807) is 0 Å². The van der Waals surface area contributed by atoms with Crippen LogP contribution in [0, 0.1) is 6.92 Å². The first kappa shape index (κ1) is 10.3. The van der Waals surface area contributed by atoms with Gasteiger partial charge in [0.25, 0.3) is 0 Å². The minimum absolute atomic E-state index is 0.545. The van der Waals surface area contributed by atoms with Crippen LogP contribution in [0.2, 0.25) is 0 Å². The van der Waals surface area contributed by atoms with Gasteiger partial charge < -0.3 is 9.68 Å². The van der Waals surface area contributed by atoms with Crippen LogP contribution in [0.4, 0.5) is 0 Å². The maximum atomic E-state index is 9.28. The molecule has 1 aliphatic rings. The number of hydrogen-bond acceptors (Lipinski definition) is 2. The molecule has 2 nitrogen and oxygen atoms in total. The lowest BCUT2D eigenvalue weighted by atomic mass is 9.79. The second-order valence-corrected chi connectivity index (χ2v) is 2.81. The van der Waals surface area contributed by atoms with Crippen molar-refractivity contribution in [1.82, 2.24) is 0 Å². The number of benzene rings is 1. The summed E-state index contributed by atoms with van der Waals surface area (Å²) in [7, 11) is -0.704. The van der Waals surface area contributed by atoms with Crippen LogP contribution >= 0.6 is 0 Å². The quantitative estimate of drug-likeness (QED) is 0.605. The summed E-state index contributed by atoms with van der Waals surface area (Å²) in [5, 5.41) is 9.28. The molecule has 2 rings (SSSR count). The van der Waals surface area contributed by atoms with Crippen LogP contribution in [0.3, 0.4) is 0 Å². The molecule has 1 heterocycles. The molecule has 0 unspecified atom stereocenters. The van der Waals surface area contributed by atoms with E-state index in [0.29, 0.717) is 6.61 Å². The Balaban J connectivity index is 0.000000396. The largest absolute Gasteiger partial charge is 0.491 e. The van der Waals surface area contributed by atoms with Crippen LogP contribution in [0.5, 0.6) is 0 Å². The highest BCUT2D eigenvalue weighted by atomic mass is 16.5. The number of aryl methyl sites for hydroxylation is 1. The Morgan fingerprint density at radius 2 is 2.08 bits per heavy atom. The van der Waals surface area contributed by atoms with E-state index in [2.05, 4.69) is 0 Å². The maximum absolute atomic E-state index is 9.28. The van der Waals surface area contributed by atoms with Crippen LogP contribution in [0.15, 0.2) is 18.2 Å². The zero-order valence-corrected chi connectivity index (χ0v) is 8.37. The van der Waals surface area contributed by atoms with E-state index in [1.165, 1.54) is 5.56 Å². The minimum Gasteiger partial charge on any atom is -0.423 e. The van der Waals surface area contributed by atoms with E-state index in [9.17, 15) is 5.02 Å². The third-order valence-corrected chi connectivity index (χ3v) is 2.10. The molecular formula is C10H15BO2. The Labute approximate surface area is 79.7 Å². The van der Waals surface area contributed by atoms with Crippen molar-refractivity contribution in [3.8, 4) is 0 Å². The molecule has 3 heteroatoms. The van der Waals surface area contributed by atoms with Crippen molar-refractivity contribution in [2.75, 3.05) is 0 Å². The maximum Gasteiger partial charge on any atom is 0.491 e. The average Bonchev–Trinajstić information content (AvgIpc) is 2.53.